The molecule has 18 heavy (non-hydrogen) atoms. The Labute approximate surface area is 108 Å². The molecule has 5 nitrogen and oxygen atoms in total. The zero-order valence-corrected chi connectivity index (χ0v) is 11.0. The van der Waals surface area contributed by atoms with E-state index < -0.39 is 0 Å². The maximum atomic E-state index is 5.95. The van der Waals surface area contributed by atoms with Crippen LogP contribution in [0.25, 0.3) is 11.2 Å². The first kappa shape index (κ1) is 11.2. The Morgan fingerprint density at radius 2 is 2.11 bits per heavy atom. The molecule has 0 aliphatic rings. The Balaban J connectivity index is 2.10. The van der Waals surface area contributed by atoms with Crippen molar-refractivity contribution in [2.75, 3.05) is 5.73 Å². The first-order valence-corrected chi connectivity index (χ1v) is 6.46. The fraction of sp³-hybridized carbons (Fsp3) is 0.250. The van der Waals surface area contributed by atoms with Gasteiger partial charge in [-0.15, -0.1) is 11.3 Å². The van der Waals surface area contributed by atoms with Crippen molar-refractivity contribution in [3.63, 3.8) is 0 Å². The molecular formula is C12H13N5S. The Bertz CT molecular complexity index is 712. The van der Waals surface area contributed by atoms with E-state index in [9.17, 15) is 0 Å². The zero-order valence-electron chi connectivity index (χ0n) is 10.2. The molecule has 0 amide bonds. The van der Waals surface area contributed by atoms with Crippen LogP contribution in [0.4, 0.5) is 5.95 Å². The summed E-state index contributed by atoms with van der Waals surface area (Å²) < 4.78 is 1.90. The van der Waals surface area contributed by atoms with Crippen molar-refractivity contribution in [1.29, 1.82) is 0 Å². The molecule has 2 N–H and O–H groups in total. The Morgan fingerprint density at radius 1 is 1.28 bits per heavy atom. The molecular weight excluding hydrogens is 246 g/mol. The van der Waals surface area contributed by atoms with Crippen molar-refractivity contribution in [3.05, 3.63) is 33.9 Å². The minimum Gasteiger partial charge on any atom is -0.369 e. The molecule has 0 aliphatic carbocycles. The summed E-state index contributed by atoms with van der Waals surface area (Å²) in [5, 5.41) is 1.02. The van der Waals surface area contributed by atoms with Crippen LogP contribution in [0.1, 0.15) is 15.6 Å². The minimum atomic E-state index is 0.482. The molecule has 3 aromatic rings. The molecule has 0 fully saturated rings. The van der Waals surface area contributed by atoms with E-state index in [0.717, 1.165) is 21.9 Å². The van der Waals surface area contributed by atoms with E-state index in [2.05, 4.69) is 15.0 Å². The summed E-state index contributed by atoms with van der Waals surface area (Å²) in [4.78, 5) is 14.3. The third-order valence-electron chi connectivity index (χ3n) is 2.72. The zero-order chi connectivity index (χ0) is 12.7. The van der Waals surface area contributed by atoms with E-state index in [-0.39, 0.29) is 0 Å². The van der Waals surface area contributed by atoms with Crippen molar-refractivity contribution in [3.8, 4) is 0 Å². The van der Waals surface area contributed by atoms with Crippen LogP contribution in [0.15, 0.2) is 18.3 Å². The fourth-order valence-corrected chi connectivity index (χ4v) is 2.66. The van der Waals surface area contributed by atoms with E-state index >= 15 is 0 Å². The maximum Gasteiger partial charge on any atom is 0.202 e. The Hall–Kier alpha value is -1.95. The number of imidazole rings is 1. The number of pyridine rings is 1. The summed E-state index contributed by atoms with van der Waals surface area (Å²) in [6.45, 7) is 4.62. The number of hydrogen-bond acceptors (Lipinski definition) is 5. The van der Waals surface area contributed by atoms with E-state index in [0.29, 0.717) is 12.5 Å². The fourth-order valence-electron chi connectivity index (χ4n) is 1.88. The quantitative estimate of drug-likeness (QED) is 0.765. The first-order valence-electron chi connectivity index (χ1n) is 5.64. The Kier molecular flexibility index (Phi) is 2.52. The van der Waals surface area contributed by atoms with Gasteiger partial charge >= 0.3 is 0 Å². The number of nitrogens with two attached hydrogens (primary N) is 1. The lowest BCUT2D eigenvalue weighted by atomic mass is 10.3. The van der Waals surface area contributed by atoms with Gasteiger partial charge in [0.2, 0.25) is 5.95 Å². The van der Waals surface area contributed by atoms with Gasteiger partial charge < -0.3 is 5.73 Å². The second-order valence-electron chi connectivity index (χ2n) is 4.22. The average molecular weight is 259 g/mol. The van der Waals surface area contributed by atoms with Crippen molar-refractivity contribution in [1.82, 2.24) is 19.5 Å². The molecule has 92 valence electrons. The molecule has 0 radical (unpaired) electrons. The van der Waals surface area contributed by atoms with Gasteiger partial charge in [0.15, 0.2) is 5.65 Å². The molecule has 0 spiro atoms. The number of nitrogens with zero attached hydrogens (tertiary/aromatic N) is 4. The number of anilines is 1. The lowest BCUT2D eigenvalue weighted by Crippen LogP contribution is -2.05. The summed E-state index contributed by atoms with van der Waals surface area (Å²) >= 11 is 1.66. The third kappa shape index (κ3) is 1.84. The molecule has 0 unspecified atom stereocenters. The summed E-state index contributed by atoms with van der Waals surface area (Å²) in [6, 6.07) is 3.88. The minimum absolute atomic E-state index is 0.482. The monoisotopic (exact) mass is 259 g/mol. The summed E-state index contributed by atoms with van der Waals surface area (Å²) in [6.07, 6.45) is 1.87. The highest BCUT2D eigenvalue weighted by Crippen LogP contribution is 2.20. The topological polar surface area (TPSA) is 69.6 Å². The maximum absolute atomic E-state index is 5.95. The van der Waals surface area contributed by atoms with Crippen LogP contribution in [0.2, 0.25) is 0 Å². The van der Waals surface area contributed by atoms with E-state index in [1.807, 2.05) is 36.7 Å². The molecule has 3 heterocycles. The van der Waals surface area contributed by atoms with Crippen LogP contribution in [0.3, 0.4) is 0 Å². The molecule has 3 aromatic heterocycles. The first-order chi connectivity index (χ1) is 8.63. The predicted molar refractivity (Wildman–Crippen MR) is 72.6 cm³/mol. The van der Waals surface area contributed by atoms with Gasteiger partial charge in [0.1, 0.15) is 10.5 Å². The predicted octanol–water partition coefficient (Wildman–Crippen LogP) is 2.14. The molecule has 3 rings (SSSR count). The SMILES string of the molecule is Cc1ccc2nc(N)n(Cc3ncc(C)s3)c2n1. The van der Waals surface area contributed by atoms with Crippen LogP contribution >= 0.6 is 11.3 Å². The lowest BCUT2D eigenvalue weighted by Gasteiger charge is -2.03. The summed E-state index contributed by atoms with van der Waals surface area (Å²) in [5.74, 6) is 0.482. The largest absolute Gasteiger partial charge is 0.369 e. The number of rotatable bonds is 2. The highest BCUT2D eigenvalue weighted by Gasteiger charge is 2.11. The number of fused-ring (bicyclic) bond motifs is 1. The number of nitrogen functional groups attached to an aromatic ring is 1. The van der Waals surface area contributed by atoms with E-state index in [4.69, 9.17) is 5.73 Å². The normalized spacial score (nSPS) is 11.2. The highest BCUT2D eigenvalue weighted by atomic mass is 32.1. The molecule has 0 bridgehead atoms. The van der Waals surface area contributed by atoms with Gasteiger partial charge in [-0.1, -0.05) is 0 Å². The highest BCUT2D eigenvalue weighted by molar-refractivity contribution is 7.11. The van der Waals surface area contributed by atoms with Crippen LogP contribution in [0, 0.1) is 13.8 Å². The van der Waals surface area contributed by atoms with Gasteiger partial charge in [0, 0.05) is 16.8 Å². The van der Waals surface area contributed by atoms with Gasteiger partial charge in [0.05, 0.1) is 6.54 Å². The van der Waals surface area contributed by atoms with Crippen molar-refractivity contribution >= 4 is 28.4 Å². The molecule has 0 saturated heterocycles. The molecule has 0 atom stereocenters. The van der Waals surface area contributed by atoms with Crippen molar-refractivity contribution < 1.29 is 0 Å². The lowest BCUT2D eigenvalue weighted by molar-refractivity contribution is 0.818. The van der Waals surface area contributed by atoms with Gasteiger partial charge in [-0.05, 0) is 26.0 Å². The summed E-state index contributed by atoms with van der Waals surface area (Å²) in [5.41, 5.74) is 8.55. The van der Waals surface area contributed by atoms with Gasteiger partial charge in [-0.2, -0.15) is 0 Å². The van der Waals surface area contributed by atoms with E-state index in [1.54, 1.807) is 11.3 Å². The van der Waals surface area contributed by atoms with Gasteiger partial charge in [-0.25, -0.2) is 15.0 Å². The van der Waals surface area contributed by atoms with Gasteiger partial charge in [0.25, 0.3) is 0 Å². The smallest absolute Gasteiger partial charge is 0.202 e. The van der Waals surface area contributed by atoms with E-state index in [1.165, 1.54) is 4.88 Å². The summed E-state index contributed by atoms with van der Waals surface area (Å²) in [7, 11) is 0. The number of aromatic nitrogens is 4. The number of aryl methyl sites for hydroxylation is 2. The molecule has 0 aromatic carbocycles. The average Bonchev–Trinajstić information content (AvgIpc) is 2.86. The van der Waals surface area contributed by atoms with Crippen molar-refractivity contribution in [2.45, 2.75) is 20.4 Å². The molecule has 0 saturated carbocycles. The van der Waals surface area contributed by atoms with Crippen LogP contribution < -0.4 is 5.73 Å². The third-order valence-corrected chi connectivity index (χ3v) is 3.62. The Morgan fingerprint density at radius 3 is 2.83 bits per heavy atom. The molecule has 0 aliphatic heterocycles. The van der Waals surface area contributed by atoms with Crippen LogP contribution in [-0.4, -0.2) is 19.5 Å². The molecule has 6 heteroatoms. The number of hydrogen-bond donors (Lipinski definition) is 1. The van der Waals surface area contributed by atoms with Crippen LogP contribution in [0.5, 0.6) is 0 Å². The number of thiazole rings is 1. The van der Waals surface area contributed by atoms with Crippen molar-refractivity contribution in [2.24, 2.45) is 0 Å². The van der Waals surface area contributed by atoms with Gasteiger partial charge in [-0.3, -0.25) is 4.57 Å². The second-order valence-corrected chi connectivity index (χ2v) is 5.54. The van der Waals surface area contributed by atoms with Crippen LogP contribution in [-0.2, 0) is 6.54 Å². The standard InChI is InChI=1S/C12H13N5S/c1-7-3-4-9-11(15-7)17(12(13)16-9)6-10-14-5-8(2)18-10/h3-5H,6H2,1-2H3,(H2,13,16). The second kappa shape index (κ2) is 4.06.